The molecule has 0 aliphatic carbocycles. The van der Waals surface area contributed by atoms with E-state index < -0.39 is 0 Å². The molecule has 4 nitrogen and oxygen atoms in total. The lowest BCUT2D eigenvalue weighted by Crippen LogP contribution is -2.29. The predicted molar refractivity (Wildman–Crippen MR) is 80.4 cm³/mol. The zero-order valence-electron chi connectivity index (χ0n) is 11.9. The van der Waals surface area contributed by atoms with Crippen LogP contribution in [0.5, 0.6) is 0 Å². The van der Waals surface area contributed by atoms with Crippen LogP contribution in [0.1, 0.15) is 42.4 Å². The number of rotatable bonds is 1. The summed E-state index contributed by atoms with van der Waals surface area (Å²) in [5.41, 5.74) is 4.12. The van der Waals surface area contributed by atoms with Crippen LogP contribution in [-0.2, 0) is 11.8 Å². The summed E-state index contributed by atoms with van der Waals surface area (Å²) in [6.45, 7) is 7.33. The average molecular weight is 287 g/mol. The van der Waals surface area contributed by atoms with Gasteiger partial charge in [0.1, 0.15) is 0 Å². The summed E-state index contributed by atoms with van der Waals surface area (Å²) < 4.78 is 3.76. The van der Waals surface area contributed by atoms with Crippen molar-refractivity contribution in [2.24, 2.45) is 0 Å². The lowest BCUT2D eigenvalue weighted by atomic mass is 9.86. The van der Waals surface area contributed by atoms with E-state index in [9.17, 15) is 4.79 Å². The van der Waals surface area contributed by atoms with E-state index in [1.165, 1.54) is 22.7 Å². The fraction of sp³-hybridized carbons (Fsp3) is 0.400. The molecule has 0 bridgehead atoms. The summed E-state index contributed by atoms with van der Waals surface area (Å²) in [4.78, 5) is 14.2. The first-order valence-electron chi connectivity index (χ1n) is 6.69. The number of aromatic nitrogens is 2. The predicted octanol–water partition coefficient (Wildman–Crippen LogP) is 3.04. The molecule has 1 aliphatic rings. The van der Waals surface area contributed by atoms with Gasteiger partial charge in [0.25, 0.3) is 5.91 Å². The van der Waals surface area contributed by atoms with Crippen LogP contribution in [0.3, 0.4) is 0 Å². The van der Waals surface area contributed by atoms with Gasteiger partial charge >= 0.3 is 0 Å². The van der Waals surface area contributed by atoms with Crippen molar-refractivity contribution in [2.75, 3.05) is 11.4 Å². The molecule has 2 aromatic rings. The number of benzene rings is 1. The van der Waals surface area contributed by atoms with Gasteiger partial charge in [0.2, 0.25) is 0 Å². The summed E-state index contributed by atoms with van der Waals surface area (Å²) in [7, 11) is 0. The lowest BCUT2D eigenvalue weighted by Gasteiger charge is -2.21. The Bertz CT molecular complexity index is 644. The molecule has 0 saturated carbocycles. The van der Waals surface area contributed by atoms with Gasteiger partial charge in [-0.3, -0.25) is 4.79 Å². The zero-order valence-corrected chi connectivity index (χ0v) is 12.7. The van der Waals surface area contributed by atoms with E-state index in [1.54, 1.807) is 10.3 Å². The van der Waals surface area contributed by atoms with E-state index in [2.05, 4.69) is 48.6 Å². The lowest BCUT2D eigenvalue weighted by molar-refractivity contribution is 0.0984. The van der Waals surface area contributed by atoms with E-state index in [1.807, 2.05) is 0 Å². The monoisotopic (exact) mass is 287 g/mol. The van der Waals surface area contributed by atoms with Gasteiger partial charge in [-0.1, -0.05) is 37.4 Å². The van der Waals surface area contributed by atoms with Crippen molar-refractivity contribution in [3.8, 4) is 0 Å². The Kier molecular flexibility index (Phi) is 3.09. The summed E-state index contributed by atoms with van der Waals surface area (Å²) >= 11 is 1.21. The van der Waals surface area contributed by atoms with E-state index in [4.69, 9.17) is 0 Å². The minimum Gasteiger partial charge on any atom is -0.306 e. The van der Waals surface area contributed by atoms with Crippen molar-refractivity contribution in [3.05, 3.63) is 40.4 Å². The van der Waals surface area contributed by atoms with Crippen LogP contribution in [0.15, 0.2) is 23.6 Å². The quantitative estimate of drug-likeness (QED) is 0.810. The van der Waals surface area contributed by atoms with Crippen molar-refractivity contribution < 1.29 is 4.79 Å². The highest BCUT2D eigenvalue weighted by Gasteiger charge is 2.28. The Morgan fingerprint density at radius 3 is 2.80 bits per heavy atom. The van der Waals surface area contributed by atoms with Crippen molar-refractivity contribution in [1.29, 1.82) is 0 Å². The number of hydrogen-bond acceptors (Lipinski definition) is 4. The second kappa shape index (κ2) is 4.66. The van der Waals surface area contributed by atoms with Gasteiger partial charge in [-0.2, -0.15) is 0 Å². The van der Waals surface area contributed by atoms with Crippen molar-refractivity contribution in [2.45, 2.75) is 32.6 Å². The largest absolute Gasteiger partial charge is 0.306 e. The molecule has 20 heavy (non-hydrogen) atoms. The number of carbonyl (C=O) groups is 1. The summed E-state index contributed by atoms with van der Waals surface area (Å²) in [6.07, 6.45) is 0.905. The third-order valence-electron chi connectivity index (χ3n) is 3.67. The molecule has 1 amide bonds. The highest BCUT2D eigenvalue weighted by molar-refractivity contribution is 7.03. The molecule has 0 radical (unpaired) electrons. The van der Waals surface area contributed by atoms with Crippen LogP contribution in [0.25, 0.3) is 0 Å². The summed E-state index contributed by atoms with van der Waals surface area (Å²) in [5, 5.41) is 5.57. The molecule has 0 unspecified atom stereocenters. The van der Waals surface area contributed by atoms with E-state index in [-0.39, 0.29) is 11.3 Å². The van der Waals surface area contributed by atoms with Gasteiger partial charge in [0, 0.05) is 17.6 Å². The minimum atomic E-state index is -0.0546. The standard InChI is InChI=1S/C15H17N3OS/c1-15(2,3)11-4-5-13-10(8-11)6-7-18(13)14(19)12-9-20-17-16-12/h4-5,8-9H,6-7H2,1-3H3. The van der Waals surface area contributed by atoms with Crippen LogP contribution in [0.4, 0.5) is 5.69 Å². The van der Waals surface area contributed by atoms with Crippen LogP contribution in [-0.4, -0.2) is 22.0 Å². The SMILES string of the molecule is CC(C)(C)c1ccc2c(c1)CCN2C(=O)c1csnn1. The first-order valence-corrected chi connectivity index (χ1v) is 7.53. The number of hydrogen-bond donors (Lipinski definition) is 0. The Morgan fingerprint density at radius 1 is 1.35 bits per heavy atom. The number of fused-ring (bicyclic) bond motifs is 1. The van der Waals surface area contributed by atoms with Gasteiger partial charge in [0.05, 0.1) is 0 Å². The summed E-state index contributed by atoms with van der Waals surface area (Å²) in [5.74, 6) is -0.0546. The van der Waals surface area contributed by atoms with Crippen LogP contribution in [0.2, 0.25) is 0 Å². The van der Waals surface area contributed by atoms with Gasteiger partial charge < -0.3 is 4.90 Å². The molecule has 0 spiro atoms. The van der Waals surface area contributed by atoms with Crippen molar-refractivity contribution in [1.82, 2.24) is 9.59 Å². The normalized spacial score (nSPS) is 14.4. The van der Waals surface area contributed by atoms with Crippen LogP contribution >= 0.6 is 11.5 Å². The Morgan fingerprint density at radius 2 is 2.15 bits per heavy atom. The molecular weight excluding hydrogens is 270 g/mol. The number of nitrogens with zero attached hydrogens (tertiary/aromatic N) is 3. The second-order valence-corrected chi connectivity index (χ2v) is 6.70. The number of carbonyl (C=O) groups excluding carboxylic acids is 1. The molecule has 0 saturated heterocycles. The average Bonchev–Trinajstić information content (AvgIpc) is 3.06. The molecule has 3 rings (SSSR count). The topological polar surface area (TPSA) is 46.1 Å². The van der Waals surface area contributed by atoms with Crippen molar-refractivity contribution in [3.63, 3.8) is 0 Å². The molecule has 5 heteroatoms. The number of amides is 1. The fourth-order valence-corrected chi connectivity index (χ4v) is 2.91. The molecule has 0 N–H and O–H groups in total. The third kappa shape index (κ3) is 2.22. The maximum atomic E-state index is 12.4. The second-order valence-electron chi connectivity index (χ2n) is 6.09. The van der Waals surface area contributed by atoms with Gasteiger partial charge in [-0.25, -0.2) is 0 Å². The highest BCUT2D eigenvalue weighted by atomic mass is 32.1. The first-order chi connectivity index (χ1) is 9.47. The fourth-order valence-electron chi connectivity index (χ4n) is 2.48. The molecule has 1 aliphatic heterocycles. The third-order valence-corrected chi connectivity index (χ3v) is 4.17. The van der Waals surface area contributed by atoms with Gasteiger partial charge in [-0.05, 0) is 40.6 Å². The molecule has 1 aromatic carbocycles. The Labute approximate surface area is 122 Å². The number of anilines is 1. The zero-order chi connectivity index (χ0) is 14.3. The first kappa shape index (κ1) is 13.2. The smallest absolute Gasteiger partial charge is 0.279 e. The molecule has 104 valence electrons. The van der Waals surface area contributed by atoms with E-state index in [0.717, 1.165) is 18.7 Å². The van der Waals surface area contributed by atoms with E-state index in [0.29, 0.717) is 5.69 Å². The maximum absolute atomic E-state index is 12.4. The van der Waals surface area contributed by atoms with Gasteiger partial charge in [0.15, 0.2) is 5.69 Å². The Hall–Kier alpha value is -1.75. The molecular formula is C15H17N3OS. The minimum absolute atomic E-state index is 0.0546. The van der Waals surface area contributed by atoms with Crippen LogP contribution in [0, 0.1) is 0 Å². The van der Waals surface area contributed by atoms with Crippen molar-refractivity contribution >= 4 is 23.1 Å². The van der Waals surface area contributed by atoms with Crippen LogP contribution < -0.4 is 4.90 Å². The Balaban J connectivity index is 1.93. The summed E-state index contributed by atoms with van der Waals surface area (Å²) in [6, 6.07) is 6.40. The maximum Gasteiger partial charge on any atom is 0.279 e. The molecule has 1 aromatic heterocycles. The highest BCUT2D eigenvalue weighted by Crippen LogP contribution is 2.33. The molecule has 0 fully saturated rings. The van der Waals surface area contributed by atoms with E-state index >= 15 is 0 Å². The molecule has 2 heterocycles. The molecule has 0 atom stereocenters. The van der Waals surface area contributed by atoms with Gasteiger partial charge in [-0.15, -0.1) is 5.10 Å².